The molecule has 0 N–H and O–H groups in total. The lowest BCUT2D eigenvalue weighted by Gasteiger charge is -2.12. The van der Waals surface area contributed by atoms with Crippen molar-refractivity contribution in [1.29, 1.82) is 0 Å². The van der Waals surface area contributed by atoms with E-state index in [1.807, 2.05) is 0 Å². The van der Waals surface area contributed by atoms with Gasteiger partial charge in [-0.25, -0.2) is 14.4 Å². The summed E-state index contributed by atoms with van der Waals surface area (Å²) >= 11 is 3.40. The van der Waals surface area contributed by atoms with Gasteiger partial charge in [0.15, 0.2) is 0 Å². The van der Waals surface area contributed by atoms with Crippen molar-refractivity contribution in [2.24, 2.45) is 0 Å². The molecular formula is C27H17BrO8. The van der Waals surface area contributed by atoms with Crippen LogP contribution in [-0.4, -0.2) is 20.2 Å². The third kappa shape index (κ3) is 4.25. The molecule has 0 saturated heterocycles. The molecule has 5 rings (SSSR count). The first-order chi connectivity index (χ1) is 17.4. The van der Waals surface area contributed by atoms with Crippen molar-refractivity contribution in [1.82, 2.24) is 0 Å². The van der Waals surface area contributed by atoms with Crippen LogP contribution in [0.2, 0.25) is 0 Å². The van der Waals surface area contributed by atoms with E-state index in [4.69, 9.17) is 23.0 Å². The first-order valence-electron chi connectivity index (χ1n) is 10.6. The minimum Gasteiger partial charge on any atom is -0.496 e. The first-order valence-corrected chi connectivity index (χ1v) is 11.4. The standard InChI is InChI=1S/C27H17BrO8/c1-32-21-4-3-5-22(33-2)25(21)27(31)34-16-7-8-17-18(13-24(29)35-23(17)12-16)19-11-14-10-15(28)6-9-20(14)36-26(19)30/h3-13H,1-2H3. The summed E-state index contributed by atoms with van der Waals surface area (Å²) in [6.07, 6.45) is 0. The van der Waals surface area contributed by atoms with Gasteiger partial charge in [0.25, 0.3) is 0 Å². The highest BCUT2D eigenvalue weighted by Gasteiger charge is 2.21. The predicted octanol–water partition coefficient (Wildman–Crippen LogP) is 5.57. The molecule has 3 aromatic carbocycles. The number of methoxy groups -OCH3 is 2. The van der Waals surface area contributed by atoms with Crippen LogP contribution in [0.25, 0.3) is 33.1 Å². The SMILES string of the molecule is COc1cccc(OC)c1C(=O)Oc1ccc2c(-c3cc4cc(Br)ccc4oc3=O)cc(=O)oc2c1. The number of ether oxygens (including phenoxy) is 3. The van der Waals surface area contributed by atoms with Gasteiger partial charge in [-0.3, -0.25) is 0 Å². The van der Waals surface area contributed by atoms with Gasteiger partial charge in [0.2, 0.25) is 0 Å². The van der Waals surface area contributed by atoms with E-state index >= 15 is 0 Å². The van der Waals surface area contributed by atoms with E-state index in [-0.39, 0.29) is 34.0 Å². The number of esters is 1. The zero-order valence-corrected chi connectivity index (χ0v) is 20.6. The molecule has 0 atom stereocenters. The van der Waals surface area contributed by atoms with Gasteiger partial charge in [-0.2, -0.15) is 0 Å². The van der Waals surface area contributed by atoms with E-state index in [1.54, 1.807) is 48.5 Å². The molecule has 9 heteroatoms. The van der Waals surface area contributed by atoms with Crippen molar-refractivity contribution in [3.05, 3.63) is 97.6 Å². The average molecular weight is 549 g/mol. The number of benzene rings is 3. The van der Waals surface area contributed by atoms with Crippen LogP contribution in [0.4, 0.5) is 0 Å². The lowest BCUT2D eigenvalue weighted by molar-refractivity contribution is 0.0727. The van der Waals surface area contributed by atoms with Crippen molar-refractivity contribution in [2.75, 3.05) is 14.2 Å². The summed E-state index contributed by atoms with van der Waals surface area (Å²) in [6.45, 7) is 0. The van der Waals surface area contributed by atoms with Crippen molar-refractivity contribution >= 4 is 43.8 Å². The van der Waals surface area contributed by atoms with Crippen LogP contribution in [0.15, 0.2) is 89.6 Å². The Morgan fingerprint density at radius 3 is 2.28 bits per heavy atom. The molecule has 2 aromatic heterocycles. The molecular weight excluding hydrogens is 532 g/mol. The fourth-order valence-electron chi connectivity index (χ4n) is 3.92. The Kier molecular flexibility index (Phi) is 6.07. The molecule has 2 heterocycles. The molecule has 0 aliphatic carbocycles. The minimum absolute atomic E-state index is 0.109. The van der Waals surface area contributed by atoms with E-state index in [2.05, 4.69) is 15.9 Å². The fourth-order valence-corrected chi connectivity index (χ4v) is 4.30. The van der Waals surface area contributed by atoms with Gasteiger partial charge in [-0.05, 0) is 48.5 Å². The number of hydrogen-bond acceptors (Lipinski definition) is 8. The summed E-state index contributed by atoms with van der Waals surface area (Å²) in [4.78, 5) is 38.1. The zero-order chi connectivity index (χ0) is 25.4. The normalized spacial score (nSPS) is 11.0. The summed E-state index contributed by atoms with van der Waals surface area (Å²) < 4.78 is 27.7. The van der Waals surface area contributed by atoms with Crippen molar-refractivity contribution < 1.29 is 27.8 Å². The van der Waals surface area contributed by atoms with Gasteiger partial charge in [-0.15, -0.1) is 0 Å². The lowest BCUT2D eigenvalue weighted by Crippen LogP contribution is -2.12. The fraction of sp³-hybridized carbons (Fsp3) is 0.0741. The van der Waals surface area contributed by atoms with Crippen LogP contribution >= 0.6 is 15.9 Å². The van der Waals surface area contributed by atoms with Crippen LogP contribution in [0.1, 0.15) is 10.4 Å². The summed E-state index contributed by atoms with van der Waals surface area (Å²) in [7, 11) is 2.86. The molecule has 0 saturated carbocycles. The van der Waals surface area contributed by atoms with Crippen molar-refractivity contribution in [3.8, 4) is 28.4 Å². The average Bonchev–Trinajstić information content (AvgIpc) is 2.87. The summed E-state index contributed by atoms with van der Waals surface area (Å²) in [5.74, 6) is -0.0367. The van der Waals surface area contributed by atoms with E-state index in [0.29, 0.717) is 21.9 Å². The van der Waals surface area contributed by atoms with Gasteiger partial charge in [0, 0.05) is 32.9 Å². The second kappa shape index (κ2) is 9.35. The number of hydrogen-bond donors (Lipinski definition) is 0. The Hall–Kier alpha value is -4.37. The van der Waals surface area contributed by atoms with Crippen LogP contribution in [0.5, 0.6) is 17.2 Å². The Bertz CT molecular complexity index is 1740. The second-order valence-corrected chi connectivity index (χ2v) is 8.61. The predicted molar refractivity (Wildman–Crippen MR) is 136 cm³/mol. The largest absolute Gasteiger partial charge is 0.496 e. The molecule has 0 unspecified atom stereocenters. The van der Waals surface area contributed by atoms with Crippen LogP contribution in [-0.2, 0) is 0 Å². The van der Waals surface area contributed by atoms with Crippen LogP contribution in [0.3, 0.4) is 0 Å². The van der Waals surface area contributed by atoms with Gasteiger partial charge >= 0.3 is 17.2 Å². The molecule has 0 aliphatic rings. The van der Waals surface area contributed by atoms with Crippen molar-refractivity contribution in [3.63, 3.8) is 0 Å². The maximum absolute atomic E-state index is 12.9. The molecule has 8 nitrogen and oxygen atoms in total. The molecule has 0 radical (unpaired) electrons. The molecule has 0 bridgehead atoms. The Morgan fingerprint density at radius 1 is 0.806 bits per heavy atom. The molecule has 0 amide bonds. The maximum Gasteiger partial charge on any atom is 0.351 e. The Morgan fingerprint density at radius 2 is 1.56 bits per heavy atom. The van der Waals surface area contributed by atoms with Gasteiger partial charge < -0.3 is 23.0 Å². The summed E-state index contributed by atoms with van der Waals surface area (Å²) in [6, 6.07) is 17.6. The molecule has 180 valence electrons. The minimum atomic E-state index is -0.720. The van der Waals surface area contributed by atoms with E-state index < -0.39 is 17.2 Å². The second-order valence-electron chi connectivity index (χ2n) is 7.69. The van der Waals surface area contributed by atoms with E-state index in [1.165, 1.54) is 32.4 Å². The smallest absolute Gasteiger partial charge is 0.351 e. The number of carbonyl (C=O) groups is 1. The Labute approximate surface area is 211 Å². The highest BCUT2D eigenvalue weighted by atomic mass is 79.9. The quantitative estimate of drug-likeness (QED) is 0.159. The summed E-state index contributed by atoms with van der Waals surface area (Å²) in [5.41, 5.74) is -0.0961. The van der Waals surface area contributed by atoms with Crippen molar-refractivity contribution in [2.45, 2.75) is 0 Å². The lowest BCUT2D eigenvalue weighted by atomic mass is 10.0. The third-order valence-corrected chi connectivity index (χ3v) is 6.04. The molecule has 36 heavy (non-hydrogen) atoms. The third-order valence-electron chi connectivity index (χ3n) is 5.54. The van der Waals surface area contributed by atoms with Gasteiger partial charge in [0.1, 0.15) is 34.0 Å². The zero-order valence-electron chi connectivity index (χ0n) is 19.0. The highest BCUT2D eigenvalue weighted by Crippen LogP contribution is 2.32. The topological polar surface area (TPSA) is 105 Å². The van der Waals surface area contributed by atoms with E-state index in [9.17, 15) is 14.4 Å². The summed E-state index contributed by atoms with van der Waals surface area (Å²) in [5, 5.41) is 1.14. The first kappa shape index (κ1) is 23.4. The number of rotatable bonds is 5. The van der Waals surface area contributed by atoms with Crippen LogP contribution < -0.4 is 25.5 Å². The monoisotopic (exact) mass is 548 g/mol. The van der Waals surface area contributed by atoms with Crippen LogP contribution in [0, 0.1) is 0 Å². The molecule has 0 spiro atoms. The molecule has 0 fully saturated rings. The van der Waals surface area contributed by atoms with Gasteiger partial charge in [0.05, 0.1) is 19.8 Å². The number of carbonyl (C=O) groups excluding carboxylic acids is 1. The highest BCUT2D eigenvalue weighted by molar-refractivity contribution is 9.10. The maximum atomic E-state index is 12.9. The molecule has 5 aromatic rings. The number of fused-ring (bicyclic) bond motifs is 2. The van der Waals surface area contributed by atoms with Gasteiger partial charge in [-0.1, -0.05) is 22.0 Å². The van der Waals surface area contributed by atoms with E-state index in [0.717, 1.165) is 4.47 Å². The number of halogens is 1. The molecule has 0 aliphatic heterocycles. The Balaban J connectivity index is 1.59.